The molecule has 1 aromatic heterocycles. The third-order valence-electron chi connectivity index (χ3n) is 4.68. The topological polar surface area (TPSA) is 108 Å². The Hall–Kier alpha value is -3.68. The number of aryl methyl sites for hydroxylation is 1. The molecule has 2 N–H and O–H groups in total. The lowest BCUT2D eigenvalue weighted by Gasteiger charge is -2.33. The normalized spacial score (nSPS) is 15.8. The number of carbonyl (C=O) groups excluding carboxylic acids is 2. The molecule has 3 aromatic rings. The predicted octanol–water partition coefficient (Wildman–Crippen LogP) is 0.984. The maximum absolute atomic E-state index is 13.0. The lowest BCUT2D eigenvalue weighted by Crippen LogP contribution is -2.50. The smallest absolute Gasteiger partial charge is 0.261 e. The maximum Gasteiger partial charge on any atom is 0.261 e. The van der Waals surface area contributed by atoms with Crippen LogP contribution in [-0.2, 0) is 16.1 Å². The molecule has 1 aliphatic heterocycles. The van der Waals surface area contributed by atoms with Crippen molar-refractivity contribution in [2.45, 2.75) is 19.6 Å². The van der Waals surface area contributed by atoms with Gasteiger partial charge in [0.15, 0.2) is 6.10 Å². The van der Waals surface area contributed by atoms with Crippen molar-refractivity contribution in [1.29, 1.82) is 0 Å². The molecule has 28 heavy (non-hydrogen) atoms. The number of fused-ring (bicyclic) bond motifs is 2. The van der Waals surface area contributed by atoms with E-state index in [1.165, 1.54) is 15.8 Å². The maximum atomic E-state index is 13.0. The second kappa shape index (κ2) is 6.80. The van der Waals surface area contributed by atoms with Crippen LogP contribution in [0, 0.1) is 6.92 Å². The number of hydrogen-bond donors (Lipinski definition) is 1. The monoisotopic (exact) mass is 378 g/mol. The highest BCUT2D eigenvalue weighted by molar-refractivity contribution is 5.97. The van der Waals surface area contributed by atoms with E-state index in [0.717, 1.165) is 5.56 Å². The first-order valence-electron chi connectivity index (χ1n) is 8.75. The van der Waals surface area contributed by atoms with Crippen molar-refractivity contribution in [2.24, 2.45) is 5.73 Å². The quantitative estimate of drug-likeness (QED) is 0.731. The summed E-state index contributed by atoms with van der Waals surface area (Å²) in [5, 5.41) is 0.452. The molecule has 2 heterocycles. The van der Waals surface area contributed by atoms with Crippen LogP contribution in [0.4, 0.5) is 5.69 Å². The molecule has 142 valence electrons. The molecule has 8 heteroatoms. The second-order valence-corrected chi connectivity index (χ2v) is 6.68. The first kappa shape index (κ1) is 17.7. The molecule has 0 saturated heterocycles. The van der Waals surface area contributed by atoms with E-state index >= 15 is 0 Å². The zero-order valence-electron chi connectivity index (χ0n) is 15.2. The van der Waals surface area contributed by atoms with E-state index in [9.17, 15) is 14.4 Å². The van der Waals surface area contributed by atoms with Gasteiger partial charge in [0.05, 0.1) is 29.5 Å². The minimum absolute atomic E-state index is 0.0138. The highest BCUT2D eigenvalue weighted by atomic mass is 16.5. The Labute approximate surface area is 160 Å². The lowest BCUT2D eigenvalue weighted by atomic mass is 10.1. The summed E-state index contributed by atoms with van der Waals surface area (Å²) >= 11 is 0. The van der Waals surface area contributed by atoms with Crippen LogP contribution in [0.2, 0.25) is 0 Å². The van der Waals surface area contributed by atoms with E-state index in [4.69, 9.17) is 10.5 Å². The number of aromatic nitrogens is 2. The van der Waals surface area contributed by atoms with Gasteiger partial charge >= 0.3 is 0 Å². The summed E-state index contributed by atoms with van der Waals surface area (Å²) in [6, 6.07) is 12.3. The van der Waals surface area contributed by atoms with Crippen molar-refractivity contribution in [1.82, 2.24) is 9.55 Å². The van der Waals surface area contributed by atoms with Crippen LogP contribution in [0.5, 0.6) is 5.75 Å². The van der Waals surface area contributed by atoms with Crippen LogP contribution >= 0.6 is 0 Å². The molecule has 1 atom stereocenters. The molecule has 1 aliphatic rings. The summed E-state index contributed by atoms with van der Waals surface area (Å²) in [5.41, 5.74) is 7.11. The van der Waals surface area contributed by atoms with Gasteiger partial charge in [-0.15, -0.1) is 0 Å². The van der Waals surface area contributed by atoms with E-state index in [1.807, 2.05) is 13.0 Å². The van der Waals surface area contributed by atoms with Gasteiger partial charge in [-0.1, -0.05) is 23.8 Å². The molecule has 0 bridgehead atoms. The van der Waals surface area contributed by atoms with Crippen molar-refractivity contribution in [2.75, 3.05) is 11.4 Å². The van der Waals surface area contributed by atoms with Crippen LogP contribution in [-0.4, -0.2) is 34.0 Å². The predicted molar refractivity (Wildman–Crippen MR) is 103 cm³/mol. The van der Waals surface area contributed by atoms with Gasteiger partial charge in [0.2, 0.25) is 5.91 Å². The molecular weight excluding hydrogens is 360 g/mol. The highest BCUT2D eigenvalue weighted by Crippen LogP contribution is 2.33. The van der Waals surface area contributed by atoms with Crippen molar-refractivity contribution in [3.8, 4) is 5.75 Å². The van der Waals surface area contributed by atoms with Crippen LogP contribution in [0.3, 0.4) is 0 Å². The first-order valence-corrected chi connectivity index (χ1v) is 8.75. The highest BCUT2D eigenvalue weighted by Gasteiger charge is 2.32. The number of amides is 2. The van der Waals surface area contributed by atoms with Crippen LogP contribution in [0.25, 0.3) is 10.9 Å². The number of nitrogens with zero attached hydrogens (tertiary/aromatic N) is 3. The number of primary amides is 1. The van der Waals surface area contributed by atoms with Gasteiger partial charge in [-0.3, -0.25) is 19.0 Å². The van der Waals surface area contributed by atoms with Crippen molar-refractivity contribution in [3.05, 3.63) is 64.7 Å². The fraction of sp³-hybridized carbons (Fsp3) is 0.200. The Balaban J connectivity index is 1.68. The lowest BCUT2D eigenvalue weighted by molar-refractivity contribution is -0.125. The Morgan fingerprint density at radius 3 is 2.82 bits per heavy atom. The number of benzene rings is 2. The molecule has 2 aromatic carbocycles. The molecule has 2 amide bonds. The van der Waals surface area contributed by atoms with Crippen molar-refractivity contribution < 1.29 is 14.3 Å². The largest absolute Gasteiger partial charge is 0.477 e. The van der Waals surface area contributed by atoms with Gasteiger partial charge < -0.3 is 15.4 Å². The minimum Gasteiger partial charge on any atom is -0.477 e. The zero-order chi connectivity index (χ0) is 19.8. The van der Waals surface area contributed by atoms with Gasteiger partial charge in [-0.2, -0.15) is 0 Å². The van der Waals surface area contributed by atoms with Gasteiger partial charge in [0.1, 0.15) is 12.3 Å². The summed E-state index contributed by atoms with van der Waals surface area (Å²) in [6.45, 7) is 1.66. The Morgan fingerprint density at radius 2 is 2.04 bits per heavy atom. The van der Waals surface area contributed by atoms with E-state index < -0.39 is 12.0 Å². The number of nitrogens with two attached hydrogens (primary N) is 1. The van der Waals surface area contributed by atoms with Crippen molar-refractivity contribution >= 4 is 28.4 Å². The van der Waals surface area contributed by atoms with Crippen molar-refractivity contribution in [3.63, 3.8) is 0 Å². The summed E-state index contributed by atoms with van der Waals surface area (Å²) in [7, 11) is 0. The average Bonchev–Trinajstić information content (AvgIpc) is 2.69. The molecule has 0 aliphatic carbocycles. The van der Waals surface area contributed by atoms with Gasteiger partial charge in [-0.25, -0.2) is 4.98 Å². The second-order valence-electron chi connectivity index (χ2n) is 6.68. The third-order valence-corrected chi connectivity index (χ3v) is 4.68. The van der Waals surface area contributed by atoms with Crippen LogP contribution in [0.1, 0.15) is 5.56 Å². The molecule has 0 fully saturated rings. The standard InChI is InChI=1S/C20H18N4O4/c1-12-6-7-14-13(8-12)20(27)23(11-22-14)10-18(25)24-9-17(19(21)26)28-16-5-3-2-4-15(16)24/h2-8,11,17H,9-10H2,1H3,(H2,21,26). The van der Waals surface area contributed by atoms with E-state index in [2.05, 4.69) is 4.98 Å². The molecular formula is C20H18N4O4. The number of para-hydroxylation sites is 2. The number of rotatable bonds is 3. The number of anilines is 1. The van der Waals surface area contributed by atoms with Crippen LogP contribution < -0.4 is 20.9 Å². The summed E-state index contributed by atoms with van der Waals surface area (Å²) in [5.74, 6) is -0.629. The number of carbonyl (C=O) groups is 2. The Kier molecular flexibility index (Phi) is 4.31. The Bertz CT molecular complexity index is 1150. The summed E-state index contributed by atoms with van der Waals surface area (Å²) in [4.78, 5) is 43.1. The molecule has 4 rings (SSSR count). The summed E-state index contributed by atoms with van der Waals surface area (Å²) < 4.78 is 6.83. The Morgan fingerprint density at radius 1 is 1.25 bits per heavy atom. The van der Waals surface area contributed by atoms with E-state index in [-0.39, 0.29) is 24.6 Å². The molecule has 8 nitrogen and oxygen atoms in total. The molecule has 1 unspecified atom stereocenters. The minimum atomic E-state index is -0.951. The number of ether oxygens (including phenoxy) is 1. The number of hydrogen-bond acceptors (Lipinski definition) is 5. The van der Waals surface area contributed by atoms with E-state index in [1.54, 1.807) is 36.4 Å². The van der Waals surface area contributed by atoms with Gasteiger partial charge in [-0.05, 0) is 31.2 Å². The fourth-order valence-corrected chi connectivity index (χ4v) is 3.24. The third kappa shape index (κ3) is 3.09. The van der Waals surface area contributed by atoms with Gasteiger partial charge in [0, 0.05) is 0 Å². The fourth-order valence-electron chi connectivity index (χ4n) is 3.24. The van der Waals surface area contributed by atoms with Gasteiger partial charge in [0.25, 0.3) is 11.5 Å². The molecule has 0 spiro atoms. The van der Waals surface area contributed by atoms with Crippen LogP contribution in [0.15, 0.2) is 53.6 Å². The zero-order valence-corrected chi connectivity index (χ0v) is 15.2. The molecule has 0 radical (unpaired) electrons. The van der Waals surface area contributed by atoms with E-state index in [0.29, 0.717) is 22.3 Å². The molecule has 0 saturated carbocycles. The SMILES string of the molecule is Cc1ccc2ncn(CC(=O)N3CC(C(N)=O)Oc4ccccc43)c(=O)c2c1. The summed E-state index contributed by atoms with van der Waals surface area (Å²) in [6.07, 6.45) is 0.406. The first-order chi connectivity index (χ1) is 13.4. The average molecular weight is 378 g/mol.